The molecule has 0 fully saturated rings. The molecule has 0 spiro atoms. The predicted octanol–water partition coefficient (Wildman–Crippen LogP) is 4.62. The average molecular weight is 483 g/mol. The Hall–Kier alpha value is -3.31. The van der Waals surface area contributed by atoms with Crippen molar-refractivity contribution in [1.29, 1.82) is 0 Å². The number of pyridine rings is 1. The molecule has 0 aliphatic carbocycles. The molecule has 0 aliphatic heterocycles. The highest BCUT2D eigenvalue weighted by atomic mass is 35.5. The van der Waals surface area contributed by atoms with Crippen LogP contribution in [0.25, 0.3) is 16.9 Å². The molecule has 4 N–H and O–H groups in total. The zero-order valence-corrected chi connectivity index (χ0v) is 17.7. The molecular formula is C19H15Cl2F3N8. The van der Waals surface area contributed by atoms with Crippen molar-refractivity contribution in [1.82, 2.24) is 24.6 Å². The third kappa shape index (κ3) is 4.78. The third-order valence-corrected chi connectivity index (χ3v) is 4.83. The zero-order valence-electron chi connectivity index (χ0n) is 16.2. The normalized spacial score (nSPS) is 11.7. The van der Waals surface area contributed by atoms with Crippen molar-refractivity contribution >= 4 is 46.3 Å². The Morgan fingerprint density at radius 3 is 2.47 bits per heavy atom. The zero-order chi connectivity index (χ0) is 22.9. The minimum absolute atomic E-state index is 0.0380. The van der Waals surface area contributed by atoms with E-state index in [1.807, 2.05) is 0 Å². The fraction of sp³-hybridized carbons (Fsp3) is 0.158. The number of benzene rings is 1. The molecule has 4 rings (SSSR count). The molecule has 166 valence electrons. The minimum atomic E-state index is -4.70. The first-order chi connectivity index (χ1) is 15.2. The van der Waals surface area contributed by atoms with Gasteiger partial charge in [-0.3, -0.25) is 0 Å². The van der Waals surface area contributed by atoms with E-state index in [-0.39, 0.29) is 11.6 Å². The topological polar surface area (TPSA) is 106 Å². The molecule has 4 aromatic rings. The molecule has 8 nitrogen and oxygen atoms in total. The van der Waals surface area contributed by atoms with Gasteiger partial charge < -0.3 is 16.4 Å². The predicted molar refractivity (Wildman–Crippen MR) is 117 cm³/mol. The lowest BCUT2D eigenvalue weighted by Crippen LogP contribution is -2.17. The summed E-state index contributed by atoms with van der Waals surface area (Å²) in [4.78, 5) is 12.1. The number of nitrogens with two attached hydrogens (primary N) is 1. The van der Waals surface area contributed by atoms with E-state index < -0.39 is 12.0 Å². The summed E-state index contributed by atoms with van der Waals surface area (Å²) in [6.45, 7) is 0.694. The number of anilines is 3. The Bertz CT molecular complexity index is 1260. The van der Waals surface area contributed by atoms with E-state index in [1.165, 1.54) is 18.3 Å². The standard InChI is InChI=1S/C19H15Cl2F3N8/c20-10-1-3-12(13(21)7-10)14-8-16-30-17(19(22,23)24)31-32(16)18(29-14)27-6-5-26-15-4-2-11(25)9-28-15/h1-4,7-9H,5-6,25H2,(H,26,28)(H,27,29). The molecule has 0 radical (unpaired) electrons. The number of hydrogen-bond acceptors (Lipinski definition) is 7. The van der Waals surface area contributed by atoms with Crippen LogP contribution in [0.1, 0.15) is 5.82 Å². The highest BCUT2D eigenvalue weighted by molar-refractivity contribution is 6.36. The maximum absolute atomic E-state index is 13.2. The smallest absolute Gasteiger partial charge is 0.397 e. The number of nitrogen functional groups attached to an aromatic ring is 1. The van der Waals surface area contributed by atoms with E-state index in [4.69, 9.17) is 28.9 Å². The number of alkyl halides is 3. The van der Waals surface area contributed by atoms with Crippen LogP contribution in [-0.4, -0.2) is 37.7 Å². The van der Waals surface area contributed by atoms with Crippen molar-refractivity contribution in [2.24, 2.45) is 0 Å². The second kappa shape index (κ2) is 8.67. The van der Waals surface area contributed by atoms with Crippen LogP contribution in [0.4, 0.5) is 30.6 Å². The molecular weight excluding hydrogens is 468 g/mol. The summed E-state index contributed by atoms with van der Waals surface area (Å²) < 4.78 is 40.5. The molecule has 0 amide bonds. The van der Waals surface area contributed by atoms with Gasteiger partial charge in [-0.1, -0.05) is 23.2 Å². The summed E-state index contributed by atoms with van der Waals surface area (Å²) in [5.41, 5.74) is 6.90. The molecule has 0 saturated carbocycles. The Labute approximate surface area is 189 Å². The molecule has 3 heterocycles. The van der Waals surface area contributed by atoms with Gasteiger partial charge in [-0.05, 0) is 30.3 Å². The lowest BCUT2D eigenvalue weighted by molar-refractivity contribution is -0.144. The summed E-state index contributed by atoms with van der Waals surface area (Å²) in [6.07, 6.45) is -3.20. The van der Waals surface area contributed by atoms with Crippen molar-refractivity contribution < 1.29 is 13.2 Å². The van der Waals surface area contributed by atoms with Crippen molar-refractivity contribution in [2.45, 2.75) is 6.18 Å². The number of hydrogen-bond donors (Lipinski definition) is 3. The lowest BCUT2D eigenvalue weighted by Gasteiger charge is -2.11. The maximum Gasteiger partial charge on any atom is 0.453 e. The van der Waals surface area contributed by atoms with Crippen molar-refractivity contribution in [3.05, 3.63) is 58.5 Å². The highest BCUT2D eigenvalue weighted by Crippen LogP contribution is 2.32. The average Bonchev–Trinajstić information content (AvgIpc) is 3.17. The van der Waals surface area contributed by atoms with Gasteiger partial charge in [0.2, 0.25) is 5.95 Å². The van der Waals surface area contributed by atoms with E-state index in [1.54, 1.807) is 24.3 Å². The van der Waals surface area contributed by atoms with Crippen LogP contribution >= 0.6 is 23.2 Å². The van der Waals surface area contributed by atoms with Crippen LogP contribution in [-0.2, 0) is 6.18 Å². The summed E-state index contributed by atoms with van der Waals surface area (Å²) in [5, 5.41) is 10.3. The maximum atomic E-state index is 13.2. The quantitative estimate of drug-likeness (QED) is 0.344. The Morgan fingerprint density at radius 2 is 1.78 bits per heavy atom. The fourth-order valence-corrected chi connectivity index (χ4v) is 3.34. The Balaban J connectivity index is 1.63. The SMILES string of the molecule is Nc1ccc(NCCNc2nc(-c3ccc(Cl)cc3Cl)cc3nc(C(F)(F)F)nn23)nc1. The van der Waals surface area contributed by atoms with Crippen LogP contribution in [0.5, 0.6) is 0 Å². The monoisotopic (exact) mass is 482 g/mol. The molecule has 0 aliphatic rings. The molecule has 3 aromatic heterocycles. The molecule has 0 saturated heterocycles. The Morgan fingerprint density at radius 1 is 1.00 bits per heavy atom. The molecule has 0 bridgehead atoms. The number of fused-ring (bicyclic) bond motifs is 1. The van der Waals surface area contributed by atoms with E-state index in [2.05, 4.69) is 30.7 Å². The highest BCUT2D eigenvalue weighted by Gasteiger charge is 2.36. The van der Waals surface area contributed by atoms with Gasteiger partial charge in [-0.2, -0.15) is 17.7 Å². The molecule has 1 aromatic carbocycles. The summed E-state index contributed by atoms with van der Waals surface area (Å²) >= 11 is 12.2. The van der Waals surface area contributed by atoms with Crippen molar-refractivity contribution in [2.75, 3.05) is 29.5 Å². The van der Waals surface area contributed by atoms with Crippen LogP contribution < -0.4 is 16.4 Å². The first-order valence-electron chi connectivity index (χ1n) is 9.20. The molecule has 0 atom stereocenters. The number of halogens is 5. The van der Waals surface area contributed by atoms with E-state index in [0.29, 0.717) is 45.9 Å². The van der Waals surface area contributed by atoms with E-state index >= 15 is 0 Å². The van der Waals surface area contributed by atoms with Crippen molar-refractivity contribution in [3.63, 3.8) is 0 Å². The molecule has 13 heteroatoms. The van der Waals surface area contributed by atoms with E-state index in [0.717, 1.165) is 4.52 Å². The number of nitrogens with zero attached hydrogens (tertiary/aromatic N) is 5. The molecule has 32 heavy (non-hydrogen) atoms. The van der Waals surface area contributed by atoms with Gasteiger partial charge in [0.05, 0.1) is 22.6 Å². The minimum Gasteiger partial charge on any atom is -0.397 e. The van der Waals surface area contributed by atoms with Gasteiger partial charge in [0.15, 0.2) is 5.65 Å². The summed E-state index contributed by atoms with van der Waals surface area (Å²) in [7, 11) is 0. The van der Waals surface area contributed by atoms with Gasteiger partial charge >= 0.3 is 6.18 Å². The van der Waals surface area contributed by atoms with Gasteiger partial charge in [0.25, 0.3) is 5.82 Å². The third-order valence-electron chi connectivity index (χ3n) is 4.29. The summed E-state index contributed by atoms with van der Waals surface area (Å²) in [5.74, 6) is -0.606. The second-order valence-corrected chi connectivity index (χ2v) is 7.47. The van der Waals surface area contributed by atoms with Crippen LogP contribution in [0.3, 0.4) is 0 Å². The lowest BCUT2D eigenvalue weighted by atomic mass is 10.1. The van der Waals surface area contributed by atoms with Gasteiger partial charge in [0.1, 0.15) is 5.82 Å². The number of nitrogens with one attached hydrogen (secondary N) is 2. The van der Waals surface area contributed by atoms with Crippen LogP contribution in [0.15, 0.2) is 42.6 Å². The van der Waals surface area contributed by atoms with Crippen molar-refractivity contribution in [3.8, 4) is 11.3 Å². The van der Waals surface area contributed by atoms with Gasteiger partial charge in [-0.15, -0.1) is 5.10 Å². The first kappa shape index (κ1) is 21.9. The second-order valence-electron chi connectivity index (χ2n) is 6.62. The van der Waals surface area contributed by atoms with Crippen LogP contribution in [0.2, 0.25) is 10.0 Å². The number of aromatic nitrogens is 5. The van der Waals surface area contributed by atoms with Crippen LogP contribution in [0, 0.1) is 0 Å². The van der Waals surface area contributed by atoms with Gasteiger partial charge in [-0.25, -0.2) is 15.0 Å². The van der Waals surface area contributed by atoms with E-state index in [9.17, 15) is 13.2 Å². The molecule has 0 unspecified atom stereocenters. The fourth-order valence-electron chi connectivity index (χ4n) is 2.83. The summed E-state index contributed by atoms with van der Waals surface area (Å²) in [6, 6.07) is 9.53. The first-order valence-corrected chi connectivity index (χ1v) is 9.96. The largest absolute Gasteiger partial charge is 0.453 e. The number of rotatable bonds is 6. The van der Waals surface area contributed by atoms with Gasteiger partial charge in [0, 0.05) is 29.7 Å². The Kier molecular flexibility index (Phi) is 5.94.